The Hall–Kier alpha value is -2.46. The first-order chi connectivity index (χ1) is 10.1. The van der Waals surface area contributed by atoms with Crippen molar-refractivity contribution in [1.82, 2.24) is 0 Å². The van der Waals surface area contributed by atoms with E-state index in [0.717, 1.165) is 16.8 Å². The lowest BCUT2D eigenvalue weighted by Gasteiger charge is -1.98. The van der Waals surface area contributed by atoms with E-state index >= 15 is 0 Å². The van der Waals surface area contributed by atoms with Gasteiger partial charge in [-0.15, -0.1) is 0 Å². The van der Waals surface area contributed by atoms with Crippen molar-refractivity contribution in [3.05, 3.63) is 74.8 Å². The monoisotopic (exact) mass is 300 g/mol. The second-order valence-electron chi connectivity index (χ2n) is 4.42. The van der Waals surface area contributed by atoms with Gasteiger partial charge in [-0.2, -0.15) is 0 Å². The van der Waals surface area contributed by atoms with E-state index in [2.05, 4.69) is 4.99 Å². The van der Waals surface area contributed by atoms with Crippen LogP contribution in [0.4, 0.5) is 11.4 Å². The maximum absolute atomic E-state index is 10.5. The van der Waals surface area contributed by atoms with Crippen LogP contribution in [0.1, 0.15) is 11.1 Å². The largest absolute Gasteiger partial charge is 0.269 e. The van der Waals surface area contributed by atoms with Gasteiger partial charge in [0.2, 0.25) is 0 Å². The SMILES string of the molecule is Cc1ccc(Cl)cc1N=CC=Cc1ccc([N+](=O)[O-])cc1. The Morgan fingerprint density at radius 2 is 1.90 bits per heavy atom. The number of allylic oxidation sites excluding steroid dienone is 1. The van der Waals surface area contributed by atoms with Crippen LogP contribution >= 0.6 is 11.6 Å². The zero-order valence-corrected chi connectivity index (χ0v) is 12.1. The van der Waals surface area contributed by atoms with E-state index < -0.39 is 4.92 Å². The van der Waals surface area contributed by atoms with Gasteiger partial charge in [0.05, 0.1) is 10.6 Å². The van der Waals surface area contributed by atoms with E-state index in [9.17, 15) is 10.1 Å². The molecule has 21 heavy (non-hydrogen) atoms. The zero-order chi connectivity index (χ0) is 15.2. The molecule has 0 fully saturated rings. The third kappa shape index (κ3) is 4.26. The topological polar surface area (TPSA) is 55.5 Å². The summed E-state index contributed by atoms with van der Waals surface area (Å²) in [7, 11) is 0. The fraction of sp³-hybridized carbons (Fsp3) is 0.0625. The normalized spacial score (nSPS) is 11.3. The van der Waals surface area contributed by atoms with Gasteiger partial charge in [-0.3, -0.25) is 15.1 Å². The summed E-state index contributed by atoms with van der Waals surface area (Å²) in [5.41, 5.74) is 2.81. The number of aryl methyl sites for hydroxylation is 1. The Balaban J connectivity index is 2.06. The first-order valence-corrected chi connectivity index (χ1v) is 6.65. The van der Waals surface area contributed by atoms with Crippen molar-refractivity contribution >= 4 is 35.3 Å². The van der Waals surface area contributed by atoms with Gasteiger partial charge in [0.25, 0.3) is 5.69 Å². The van der Waals surface area contributed by atoms with Gasteiger partial charge in [0, 0.05) is 23.4 Å². The first kappa shape index (κ1) is 14.9. The molecule has 106 valence electrons. The third-order valence-electron chi connectivity index (χ3n) is 2.86. The van der Waals surface area contributed by atoms with Crippen molar-refractivity contribution in [3.63, 3.8) is 0 Å². The Morgan fingerprint density at radius 3 is 2.57 bits per heavy atom. The molecule has 0 bridgehead atoms. The van der Waals surface area contributed by atoms with Crippen molar-refractivity contribution < 1.29 is 4.92 Å². The van der Waals surface area contributed by atoms with Crippen LogP contribution in [0.2, 0.25) is 5.02 Å². The Labute approximate surface area is 127 Å². The Bertz CT molecular complexity index is 707. The van der Waals surface area contributed by atoms with Gasteiger partial charge in [0.1, 0.15) is 0 Å². The number of hydrogen-bond donors (Lipinski definition) is 0. The number of non-ortho nitro benzene ring substituents is 1. The fourth-order valence-electron chi connectivity index (χ4n) is 1.71. The van der Waals surface area contributed by atoms with Crippen LogP contribution in [0.5, 0.6) is 0 Å². The molecule has 0 saturated carbocycles. The molecule has 2 aromatic carbocycles. The molecule has 0 aliphatic carbocycles. The van der Waals surface area contributed by atoms with Crippen molar-refractivity contribution in [2.24, 2.45) is 4.99 Å². The minimum Gasteiger partial charge on any atom is -0.258 e. The number of aliphatic imine (C=N–C) groups is 1. The highest BCUT2D eigenvalue weighted by atomic mass is 35.5. The smallest absolute Gasteiger partial charge is 0.258 e. The molecule has 0 aromatic heterocycles. The van der Waals surface area contributed by atoms with Crippen LogP contribution in [0.3, 0.4) is 0 Å². The van der Waals surface area contributed by atoms with Crippen molar-refractivity contribution in [2.75, 3.05) is 0 Å². The second-order valence-corrected chi connectivity index (χ2v) is 4.85. The van der Waals surface area contributed by atoms with E-state index in [0.29, 0.717) is 5.02 Å². The molecule has 0 radical (unpaired) electrons. The molecule has 0 atom stereocenters. The van der Waals surface area contributed by atoms with Gasteiger partial charge >= 0.3 is 0 Å². The van der Waals surface area contributed by atoms with Gasteiger partial charge in [0.15, 0.2) is 0 Å². The van der Waals surface area contributed by atoms with E-state index in [1.807, 2.05) is 25.1 Å². The Kier molecular flexibility index (Phi) is 4.85. The highest BCUT2D eigenvalue weighted by Gasteiger charge is 2.01. The number of nitrogens with zero attached hydrogens (tertiary/aromatic N) is 2. The average molecular weight is 301 g/mol. The summed E-state index contributed by atoms with van der Waals surface area (Å²) in [4.78, 5) is 14.4. The van der Waals surface area contributed by atoms with E-state index in [1.165, 1.54) is 12.1 Å². The second kappa shape index (κ2) is 6.81. The molecule has 4 nitrogen and oxygen atoms in total. The van der Waals surface area contributed by atoms with Gasteiger partial charge in [-0.1, -0.05) is 23.7 Å². The van der Waals surface area contributed by atoms with E-state index in [4.69, 9.17) is 11.6 Å². The molecular weight excluding hydrogens is 288 g/mol. The summed E-state index contributed by atoms with van der Waals surface area (Å²) < 4.78 is 0. The molecular formula is C16H13ClN2O2. The van der Waals surface area contributed by atoms with Crippen LogP contribution in [-0.2, 0) is 0 Å². The van der Waals surface area contributed by atoms with Crippen molar-refractivity contribution in [3.8, 4) is 0 Å². The maximum Gasteiger partial charge on any atom is 0.269 e. The molecule has 2 aromatic rings. The fourth-order valence-corrected chi connectivity index (χ4v) is 1.87. The molecule has 0 N–H and O–H groups in total. The van der Waals surface area contributed by atoms with Crippen LogP contribution in [0.25, 0.3) is 6.08 Å². The highest BCUT2D eigenvalue weighted by Crippen LogP contribution is 2.22. The predicted molar refractivity (Wildman–Crippen MR) is 86.5 cm³/mol. The summed E-state index contributed by atoms with van der Waals surface area (Å²) in [5, 5.41) is 11.2. The number of hydrogen-bond acceptors (Lipinski definition) is 3. The zero-order valence-electron chi connectivity index (χ0n) is 11.4. The summed E-state index contributed by atoms with van der Waals surface area (Å²) in [6.45, 7) is 1.96. The van der Waals surface area contributed by atoms with Crippen molar-refractivity contribution in [2.45, 2.75) is 6.92 Å². The van der Waals surface area contributed by atoms with E-state index in [-0.39, 0.29) is 5.69 Å². The van der Waals surface area contributed by atoms with Crippen LogP contribution in [0, 0.1) is 17.0 Å². The average Bonchev–Trinajstić information content (AvgIpc) is 2.47. The number of nitro benzene ring substituents is 1. The van der Waals surface area contributed by atoms with Gasteiger partial charge in [-0.05, 0) is 48.4 Å². The summed E-state index contributed by atoms with van der Waals surface area (Å²) in [6, 6.07) is 11.8. The minimum absolute atomic E-state index is 0.0790. The first-order valence-electron chi connectivity index (χ1n) is 6.27. The number of halogens is 1. The van der Waals surface area contributed by atoms with Gasteiger partial charge < -0.3 is 0 Å². The van der Waals surface area contributed by atoms with Crippen LogP contribution < -0.4 is 0 Å². The molecule has 0 heterocycles. The van der Waals surface area contributed by atoms with Crippen molar-refractivity contribution in [1.29, 1.82) is 0 Å². The molecule has 0 saturated heterocycles. The van der Waals surface area contributed by atoms with Gasteiger partial charge in [-0.25, -0.2) is 0 Å². The number of rotatable bonds is 4. The maximum atomic E-state index is 10.5. The number of benzene rings is 2. The third-order valence-corrected chi connectivity index (χ3v) is 3.10. The lowest BCUT2D eigenvalue weighted by Crippen LogP contribution is -1.86. The standard InChI is InChI=1S/C16H13ClN2O2/c1-12-4-7-14(17)11-16(12)18-10-2-3-13-5-8-15(9-6-13)19(20)21/h2-11H,1H3. The molecule has 5 heteroatoms. The minimum atomic E-state index is -0.420. The lowest BCUT2D eigenvalue weighted by molar-refractivity contribution is -0.384. The summed E-state index contributed by atoms with van der Waals surface area (Å²) in [6.07, 6.45) is 5.27. The van der Waals surface area contributed by atoms with Crippen LogP contribution in [0.15, 0.2) is 53.5 Å². The molecule has 2 rings (SSSR count). The number of nitro groups is 1. The lowest BCUT2D eigenvalue weighted by atomic mass is 10.2. The molecule has 0 aliphatic rings. The molecule has 0 spiro atoms. The molecule has 0 amide bonds. The van der Waals surface area contributed by atoms with Crippen LogP contribution in [-0.4, -0.2) is 11.1 Å². The predicted octanol–water partition coefficient (Wildman–Crippen LogP) is 4.97. The van der Waals surface area contributed by atoms with E-state index in [1.54, 1.807) is 30.5 Å². The molecule has 0 aliphatic heterocycles. The quantitative estimate of drug-likeness (QED) is 0.454. The highest BCUT2D eigenvalue weighted by molar-refractivity contribution is 6.30. The molecule has 0 unspecified atom stereocenters. The summed E-state index contributed by atoms with van der Waals surface area (Å²) in [5.74, 6) is 0. The summed E-state index contributed by atoms with van der Waals surface area (Å²) >= 11 is 5.92. The Morgan fingerprint density at radius 1 is 1.19 bits per heavy atom.